The summed E-state index contributed by atoms with van der Waals surface area (Å²) in [6.45, 7) is -2.40. The number of rotatable bonds is 17. The van der Waals surface area contributed by atoms with Crippen LogP contribution in [0.5, 0.6) is 0 Å². The SMILES string of the molecule is O=C(CCCCC(=O)Nc1ccccc1)NCCO[C@H]1O[C@H](CO[C@H]2O[C@H](CO)[C@@H](O)[C@H](O)[C@@H]2O)[C@@H](O)[C@H](O[C@H]2O[C@H](CO)[C@@H](O)[C@H](O)[C@@H]2O)[C@@H]1O. The minimum Gasteiger partial charge on any atom is -0.394 e. The predicted molar refractivity (Wildman–Crippen MR) is 172 cm³/mol. The summed E-state index contributed by atoms with van der Waals surface area (Å²) in [6.07, 6.45) is -23.8. The highest BCUT2D eigenvalue weighted by atomic mass is 16.7. The van der Waals surface area contributed by atoms with Gasteiger partial charge in [0.25, 0.3) is 0 Å². The van der Waals surface area contributed by atoms with Gasteiger partial charge in [-0.3, -0.25) is 9.59 Å². The Morgan fingerprint density at radius 1 is 0.615 bits per heavy atom. The second-order valence-corrected chi connectivity index (χ2v) is 12.7. The fourth-order valence-corrected chi connectivity index (χ4v) is 5.84. The Balaban J connectivity index is 1.31. The van der Waals surface area contributed by atoms with Gasteiger partial charge < -0.3 is 90.1 Å². The maximum absolute atomic E-state index is 12.4. The summed E-state index contributed by atoms with van der Waals surface area (Å²) in [5.74, 6) is -0.510. The first-order chi connectivity index (χ1) is 24.9. The Labute approximate surface area is 298 Å². The Bertz CT molecular complexity index is 1230. The second-order valence-electron chi connectivity index (χ2n) is 12.7. The van der Waals surface area contributed by atoms with E-state index in [4.69, 9.17) is 28.4 Å². The van der Waals surface area contributed by atoms with Crippen molar-refractivity contribution >= 4 is 17.5 Å². The third-order valence-electron chi connectivity index (χ3n) is 8.88. The molecule has 3 saturated heterocycles. The number of aliphatic hydroxyl groups is 10. The lowest BCUT2D eigenvalue weighted by Crippen LogP contribution is -2.65. The molecule has 15 atom stereocenters. The van der Waals surface area contributed by atoms with E-state index in [0.29, 0.717) is 18.5 Å². The van der Waals surface area contributed by atoms with Crippen molar-refractivity contribution < 1.29 is 89.1 Å². The summed E-state index contributed by atoms with van der Waals surface area (Å²) >= 11 is 0. The standard InChI is InChI=1S/C32H50N2O18/c35-12-16-21(39)24(42)26(44)30(49-16)48-14-18-23(41)29(52-32-27(45)25(43)22(40)17(13-36)50-32)28(46)31(51-18)47-11-10-33-19(37)8-4-5-9-20(38)34-15-6-2-1-3-7-15/h1-3,6-7,16-18,21-32,35-36,39-46H,4-5,8-14H2,(H,33,37)(H,34,38)/t16-,17-,18-,21-,22-,23-,24+,25+,26+,27+,28+,29+,30+,31+,32-/m1/s1. The van der Waals surface area contributed by atoms with Crippen LogP contribution in [0.3, 0.4) is 0 Å². The summed E-state index contributed by atoms with van der Waals surface area (Å²) in [4.78, 5) is 24.4. The molecule has 3 aliphatic rings. The molecule has 0 bridgehead atoms. The monoisotopic (exact) mass is 750 g/mol. The third-order valence-corrected chi connectivity index (χ3v) is 8.88. The molecule has 296 valence electrons. The summed E-state index contributed by atoms with van der Waals surface area (Å²) in [6, 6.07) is 8.95. The average molecular weight is 751 g/mol. The van der Waals surface area contributed by atoms with Gasteiger partial charge in [0, 0.05) is 25.1 Å². The largest absolute Gasteiger partial charge is 0.394 e. The molecule has 0 radical (unpaired) electrons. The van der Waals surface area contributed by atoms with Crippen LogP contribution < -0.4 is 10.6 Å². The van der Waals surface area contributed by atoms with Gasteiger partial charge in [0.15, 0.2) is 18.9 Å². The van der Waals surface area contributed by atoms with Crippen molar-refractivity contribution in [1.82, 2.24) is 5.32 Å². The number of carbonyl (C=O) groups is 2. The molecule has 20 heteroatoms. The lowest BCUT2D eigenvalue weighted by atomic mass is 9.96. The molecule has 0 unspecified atom stereocenters. The Hall–Kier alpha value is -2.48. The van der Waals surface area contributed by atoms with E-state index < -0.39 is 112 Å². The molecule has 52 heavy (non-hydrogen) atoms. The van der Waals surface area contributed by atoms with Gasteiger partial charge >= 0.3 is 0 Å². The van der Waals surface area contributed by atoms with Crippen molar-refractivity contribution in [2.75, 3.05) is 38.3 Å². The predicted octanol–water partition coefficient (Wildman–Crippen LogP) is -5.23. The lowest BCUT2D eigenvalue weighted by molar-refractivity contribution is -0.366. The number of hydrogen-bond donors (Lipinski definition) is 12. The summed E-state index contributed by atoms with van der Waals surface area (Å²) in [7, 11) is 0. The van der Waals surface area contributed by atoms with Gasteiger partial charge in [0.05, 0.1) is 26.4 Å². The summed E-state index contributed by atoms with van der Waals surface area (Å²) < 4.78 is 33.2. The van der Waals surface area contributed by atoms with E-state index in [2.05, 4.69) is 10.6 Å². The van der Waals surface area contributed by atoms with Crippen LogP contribution in [0.2, 0.25) is 0 Å². The minimum atomic E-state index is -1.89. The Morgan fingerprint density at radius 3 is 1.77 bits per heavy atom. The lowest BCUT2D eigenvalue weighted by Gasteiger charge is -2.46. The molecule has 0 aromatic heterocycles. The highest BCUT2D eigenvalue weighted by Crippen LogP contribution is 2.31. The van der Waals surface area contributed by atoms with Crippen molar-refractivity contribution in [2.24, 2.45) is 0 Å². The zero-order valence-corrected chi connectivity index (χ0v) is 28.1. The zero-order chi connectivity index (χ0) is 37.9. The topological polar surface area (TPSA) is 316 Å². The molecule has 0 spiro atoms. The van der Waals surface area contributed by atoms with E-state index in [-0.39, 0.29) is 37.8 Å². The maximum Gasteiger partial charge on any atom is 0.224 e. The number of aliphatic hydroxyl groups excluding tert-OH is 10. The Kier molecular flexibility index (Phi) is 16.5. The molecule has 12 N–H and O–H groups in total. The molecular formula is C32H50N2O18. The highest BCUT2D eigenvalue weighted by Gasteiger charge is 2.52. The number of carbonyl (C=O) groups excluding carboxylic acids is 2. The number of hydrogen-bond acceptors (Lipinski definition) is 18. The van der Waals surface area contributed by atoms with Crippen LogP contribution in [0.15, 0.2) is 30.3 Å². The van der Waals surface area contributed by atoms with Crippen LogP contribution in [0, 0.1) is 0 Å². The van der Waals surface area contributed by atoms with Gasteiger partial charge in [0.1, 0.15) is 73.2 Å². The van der Waals surface area contributed by atoms with Crippen LogP contribution in [0.4, 0.5) is 5.69 Å². The first kappa shape index (κ1) is 42.3. The van der Waals surface area contributed by atoms with Crippen LogP contribution in [0.25, 0.3) is 0 Å². The molecule has 3 aliphatic heterocycles. The molecular weight excluding hydrogens is 700 g/mol. The quantitative estimate of drug-likeness (QED) is 0.0662. The van der Waals surface area contributed by atoms with E-state index in [9.17, 15) is 60.7 Å². The number of benzene rings is 1. The van der Waals surface area contributed by atoms with Gasteiger partial charge in [-0.15, -0.1) is 0 Å². The van der Waals surface area contributed by atoms with Gasteiger partial charge in [-0.25, -0.2) is 0 Å². The van der Waals surface area contributed by atoms with Gasteiger partial charge in [-0.1, -0.05) is 18.2 Å². The van der Waals surface area contributed by atoms with Crippen molar-refractivity contribution in [1.29, 1.82) is 0 Å². The molecule has 20 nitrogen and oxygen atoms in total. The first-order valence-corrected chi connectivity index (χ1v) is 17.0. The number of anilines is 1. The van der Waals surface area contributed by atoms with E-state index in [1.807, 2.05) is 6.07 Å². The summed E-state index contributed by atoms with van der Waals surface area (Å²) in [5.41, 5.74) is 0.672. The zero-order valence-electron chi connectivity index (χ0n) is 28.1. The summed E-state index contributed by atoms with van der Waals surface area (Å²) in [5, 5.41) is 108. The fraction of sp³-hybridized carbons (Fsp3) is 0.750. The van der Waals surface area contributed by atoms with Crippen LogP contribution >= 0.6 is 0 Å². The molecule has 3 fully saturated rings. The first-order valence-electron chi connectivity index (χ1n) is 17.0. The van der Waals surface area contributed by atoms with E-state index >= 15 is 0 Å². The molecule has 3 heterocycles. The van der Waals surface area contributed by atoms with Gasteiger partial charge in [-0.2, -0.15) is 0 Å². The van der Waals surface area contributed by atoms with E-state index in [0.717, 1.165) is 0 Å². The van der Waals surface area contributed by atoms with Crippen molar-refractivity contribution in [3.63, 3.8) is 0 Å². The van der Waals surface area contributed by atoms with Crippen molar-refractivity contribution in [2.45, 2.75) is 118 Å². The highest BCUT2D eigenvalue weighted by molar-refractivity contribution is 5.90. The van der Waals surface area contributed by atoms with Crippen LogP contribution in [-0.4, -0.2) is 188 Å². The van der Waals surface area contributed by atoms with E-state index in [1.54, 1.807) is 24.3 Å². The number of ether oxygens (including phenoxy) is 6. The molecule has 2 amide bonds. The van der Waals surface area contributed by atoms with Crippen molar-refractivity contribution in [3.05, 3.63) is 30.3 Å². The number of nitrogens with one attached hydrogen (secondary N) is 2. The van der Waals surface area contributed by atoms with Gasteiger partial charge in [-0.05, 0) is 25.0 Å². The molecule has 0 aliphatic carbocycles. The smallest absolute Gasteiger partial charge is 0.224 e. The van der Waals surface area contributed by atoms with E-state index in [1.165, 1.54) is 0 Å². The van der Waals surface area contributed by atoms with Crippen LogP contribution in [0.1, 0.15) is 25.7 Å². The fourth-order valence-electron chi connectivity index (χ4n) is 5.84. The average Bonchev–Trinajstić information content (AvgIpc) is 3.14. The Morgan fingerprint density at radius 2 is 1.15 bits per heavy atom. The second kappa shape index (κ2) is 20.3. The number of amides is 2. The normalized spacial score (nSPS) is 38.1. The third kappa shape index (κ3) is 11.0. The minimum absolute atomic E-state index is 0.0489. The molecule has 0 saturated carbocycles. The van der Waals surface area contributed by atoms with Crippen LogP contribution in [-0.2, 0) is 38.0 Å². The molecule has 1 aromatic carbocycles. The van der Waals surface area contributed by atoms with Crippen molar-refractivity contribution in [3.8, 4) is 0 Å². The molecule has 4 rings (SSSR count). The number of para-hydroxylation sites is 1. The number of unbranched alkanes of at least 4 members (excludes halogenated alkanes) is 1. The van der Waals surface area contributed by atoms with Gasteiger partial charge in [0.2, 0.25) is 11.8 Å². The molecule has 1 aromatic rings. The maximum atomic E-state index is 12.4.